The Hall–Kier alpha value is -2.93. The Morgan fingerprint density at radius 1 is 1.06 bits per heavy atom. The number of piperidine rings is 1. The molecule has 5 rings (SSSR count). The second-order valence-electron chi connectivity index (χ2n) is 8.82. The fourth-order valence-corrected chi connectivity index (χ4v) is 4.76. The van der Waals surface area contributed by atoms with Crippen molar-refractivity contribution in [2.75, 3.05) is 19.6 Å². The van der Waals surface area contributed by atoms with Gasteiger partial charge < -0.3 is 4.90 Å². The largest absolute Gasteiger partial charge is 0.304 e. The van der Waals surface area contributed by atoms with E-state index in [2.05, 4.69) is 33.9 Å². The molecule has 0 bridgehead atoms. The molecule has 0 spiro atoms. The molecule has 0 radical (unpaired) electrons. The lowest BCUT2D eigenvalue weighted by molar-refractivity contribution is 0.220. The van der Waals surface area contributed by atoms with Crippen LogP contribution >= 0.6 is 0 Å². The SMILES string of the molecule is CCCc1cc(-c2cc(F)c3cc(C4CCN(CC)CC4)nnc3c2)nn2cc(C)nc12. The molecular weight excluding hydrogens is 403 g/mol. The van der Waals surface area contributed by atoms with Crippen LogP contribution in [0.1, 0.15) is 56.0 Å². The zero-order valence-corrected chi connectivity index (χ0v) is 19.0. The van der Waals surface area contributed by atoms with Crippen LogP contribution in [0.15, 0.2) is 30.5 Å². The molecule has 6 nitrogen and oxygen atoms in total. The van der Waals surface area contributed by atoms with E-state index < -0.39 is 0 Å². The van der Waals surface area contributed by atoms with Gasteiger partial charge in [-0.1, -0.05) is 20.3 Å². The van der Waals surface area contributed by atoms with Crippen molar-refractivity contribution < 1.29 is 4.39 Å². The summed E-state index contributed by atoms with van der Waals surface area (Å²) >= 11 is 0. The van der Waals surface area contributed by atoms with Gasteiger partial charge >= 0.3 is 0 Å². The van der Waals surface area contributed by atoms with Crippen LogP contribution in [0.25, 0.3) is 27.8 Å². The van der Waals surface area contributed by atoms with Crippen molar-refractivity contribution in [1.29, 1.82) is 0 Å². The molecule has 0 unspecified atom stereocenters. The highest BCUT2D eigenvalue weighted by Crippen LogP contribution is 2.31. The second kappa shape index (κ2) is 8.54. The standard InChI is InChI=1S/C25H29FN6/c1-4-6-18-12-23(30-32-15-16(3)27-25(18)32)19-11-21(26)20-14-22(28-29-24(20)13-19)17-7-9-31(5-2)10-8-17/h11-15,17H,4-10H2,1-3H3. The zero-order chi connectivity index (χ0) is 22.2. The number of imidazole rings is 1. The molecule has 3 aromatic heterocycles. The number of likely N-dealkylation sites (tertiary alicyclic amines) is 1. The average molecular weight is 433 g/mol. The van der Waals surface area contributed by atoms with E-state index in [0.717, 1.165) is 73.6 Å². The van der Waals surface area contributed by atoms with Crippen molar-refractivity contribution in [3.05, 3.63) is 53.2 Å². The summed E-state index contributed by atoms with van der Waals surface area (Å²) in [5.41, 5.74) is 5.80. The molecule has 1 fully saturated rings. The third kappa shape index (κ3) is 3.86. The Morgan fingerprint density at radius 2 is 1.88 bits per heavy atom. The molecule has 1 aromatic carbocycles. The molecular formula is C25H29FN6. The Kier molecular flexibility index (Phi) is 5.59. The summed E-state index contributed by atoms with van der Waals surface area (Å²) in [6, 6.07) is 7.38. The van der Waals surface area contributed by atoms with Gasteiger partial charge in [0.2, 0.25) is 0 Å². The quantitative estimate of drug-likeness (QED) is 0.447. The Labute approximate surface area is 187 Å². The van der Waals surface area contributed by atoms with E-state index in [4.69, 9.17) is 5.10 Å². The minimum absolute atomic E-state index is 0.277. The van der Waals surface area contributed by atoms with Crippen LogP contribution < -0.4 is 0 Å². The molecule has 1 saturated heterocycles. The molecule has 0 atom stereocenters. The highest BCUT2D eigenvalue weighted by atomic mass is 19.1. The molecule has 0 aliphatic carbocycles. The number of halogens is 1. The smallest absolute Gasteiger partial charge is 0.156 e. The second-order valence-corrected chi connectivity index (χ2v) is 8.82. The first-order chi connectivity index (χ1) is 15.6. The first kappa shape index (κ1) is 20.9. The third-order valence-corrected chi connectivity index (χ3v) is 6.56. The fourth-order valence-electron chi connectivity index (χ4n) is 4.76. The van der Waals surface area contributed by atoms with E-state index >= 15 is 4.39 Å². The number of fused-ring (bicyclic) bond motifs is 2. The van der Waals surface area contributed by atoms with Gasteiger partial charge in [0.05, 0.1) is 28.8 Å². The highest BCUT2D eigenvalue weighted by molar-refractivity contribution is 5.84. The predicted octanol–water partition coefficient (Wildman–Crippen LogP) is 4.94. The van der Waals surface area contributed by atoms with Crippen LogP contribution in [0, 0.1) is 12.7 Å². The van der Waals surface area contributed by atoms with Crippen LogP contribution in [0.3, 0.4) is 0 Å². The van der Waals surface area contributed by atoms with E-state index in [0.29, 0.717) is 22.4 Å². The minimum atomic E-state index is -0.277. The minimum Gasteiger partial charge on any atom is -0.304 e. The van der Waals surface area contributed by atoms with Crippen molar-refractivity contribution in [3.8, 4) is 11.3 Å². The van der Waals surface area contributed by atoms with E-state index in [-0.39, 0.29) is 5.82 Å². The van der Waals surface area contributed by atoms with Crippen LogP contribution in [0.4, 0.5) is 4.39 Å². The molecule has 166 valence electrons. The van der Waals surface area contributed by atoms with Gasteiger partial charge in [0.1, 0.15) is 5.82 Å². The first-order valence-electron chi connectivity index (χ1n) is 11.6. The Bertz CT molecular complexity index is 1270. The summed E-state index contributed by atoms with van der Waals surface area (Å²) in [5.74, 6) is 0.0688. The molecule has 4 heterocycles. The highest BCUT2D eigenvalue weighted by Gasteiger charge is 2.22. The predicted molar refractivity (Wildman–Crippen MR) is 124 cm³/mol. The lowest BCUT2D eigenvalue weighted by Crippen LogP contribution is -2.32. The number of nitrogens with zero attached hydrogens (tertiary/aromatic N) is 6. The number of rotatable bonds is 5. The maximum absolute atomic E-state index is 15.2. The molecule has 0 amide bonds. The normalized spacial score (nSPS) is 15.8. The summed E-state index contributed by atoms with van der Waals surface area (Å²) in [7, 11) is 0. The van der Waals surface area contributed by atoms with Gasteiger partial charge in [0, 0.05) is 16.9 Å². The van der Waals surface area contributed by atoms with Gasteiger partial charge in [-0.2, -0.15) is 15.3 Å². The molecule has 0 saturated carbocycles. The molecule has 32 heavy (non-hydrogen) atoms. The first-order valence-corrected chi connectivity index (χ1v) is 11.6. The number of hydrogen-bond donors (Lipinski definition) is 0. The third-order valence-electron chi connectivity index (χ3n) is 6.56. The average Bonchev–Trinajstić information content (AvgIpc) is 3.19. The molecule has 7 heteroatoms. The van der Waals surface area contributed by atoms with E-state index in [1.165, 1.54) is 0 Å². The summed E-state index contributed by atoms with van der Waals surface area (Å²) in [4.78, 5) is 7.04. The van der Waals surface area contributed by atoms with Crippen molar-refractivity contribution >= 4 is 16.6 Å². The van der Waals surface area contributed by atoms with Gasteiger partial charge in [0.15, 0.2) is 5.65 Å². The Morgan fingerprint density at radius 3 is 2.62 bits per heavy atom. The van der Waals surface area contributed by atoms with Crippen LogP contribution in [0.5, 0.6) is 0 Å². The summed E-state index contributed by atoms with van der Waals surface area (Å²) in [6.45, 7) is 9.48. The maximum atomic E-state index is 15.2. The van der Waals surface area contributed by atoms with Crippen LogP contribution in [0.2, 0.25) is 0 Å². The molecule has 4 aromatic rings. The van der Waals surface area contributed by atoms with Gasteiger partial charge in [-0.15, -0.1) is 0 Å². The van der Waals surface area contributed by atoms with Crippen molar-refractivity contribution in [2.45, 2.75) is 52.4 Å². The van der Waals surface area contributed by atoms with Crippen molar-refractivity contribution in [1.82, 2.24) is 29.7 Å². The van der Waals surface area contributed by atoms with E-state index in [9.17, 15) is 0 Å². The van der Waals surface area contributed by atoms with Crippen molar-refractivity contribution in [2.24, 2.45) is 0 Å². The van der Waals surface area contributed by atoms with Gasteiger partial charge in [-0.25, -0.2) is 13.9 Å². The van der Waals surface area contributed by atoms with Gasteiger partial charge in [-0.05, 0) is 75.6 Å². The maximum Gasteiger partial charge on any atom is 0.156 e. The number of hydrogen-bond acceptors (Lipinski definition) is 5. The molecule has 1 aliphatic heterocycles. The zero-order valence-electron chi connectivity index (χ0n) is 19.0. The monoisotopic (exact) mass is 432 g/mol. The van der Waals surface area contributed by atoms with Crippen LogP contribution in [-0.4, -0.2) is 49.3 Å². The summed E-state index contributed by atoms with van der Waals surface area (Å²) in [6.07, 6.45) is 5.89. The lowest BCUT2D eigenvalue weighted by Gasteiger charge is -2.30. The van der Waals surface area contributed by atoms with Gasteiger partial charge in [-0.3, -0.25) is 0 Å². The van der Waals surface area contributed by atoms with Crippen LogP contribution in [-0.2, 0) is 6.42 Å². The summed E-state index contributed by atoms with van der Waals surface area (Å²) in [5, 5.41) is 14.1. The lowest BCUT2D eigenvalue weighted by atomic mass is 9.92. The van der Waals surface area contributed by atoms with E-state index in [1.807, 2.05) is 31.3 Å². The molecule has 1 aliphatic rings. The topological polar surface area (TPSA) is 59.2 Å². The number of benzene rings is 1. The fraction of sp³-hybridized carbons (Fsp3) is 0.440. The van der Waals surface area contributed by atoms with E-state index in [1.54, 1.807) is 10.6 Å². The van der Waals surface area contributed by atoms with Gasteiger partial charge in [0.25, 0.3) is 0 Å². The van der Waals surface area contributed by atoms with Crippen molar-refractivity contribution in [3.63, 3.8) is 0 Å². The summed E-state index contributed by atoms with van der Waals surface area (Å²) < 4.78 is 17.0. The Balaban J connectivity index is 1.52. The number of aryl methyl sites for hydroxylation is 2. The molecule has 0 N–H and O–H groups in total. The number of aromatic nitrogens is 5.